The Kier molecular flexibility index (Phi) is 9.34. The van der Waals surface area contributed by atoms with E-state index in [1.54, 1.807) is 0 Å². The molecule has 1 saturated heterocycles. The predicted octanol–water partition coefficient (Wildman–Crippen LogP) is 6.38. The van der Waals surface area contributed by atoms with Crippen molar-refractivity contribution in [3.05, 3.63) is 84.4 Å². The van der Waals surface area contributed by atoms with Gasteiger partial charge in [0.1, 0.15) is 6.10 Å². The van der Waals surface area contributed by atoms with Crippen molar-refractivity contribution in [3.63, 3.8) is 0 Å². The maximum absolute atomic E-state index is 12.8. The second kappa shape index (κ2) is 13.5. The molecule has 0 unspecified atom stereocenters. The minimum atomic E-state index is -0.425. The number of ether oxygens (including phenoxy) is 1. The highest BCUT2D eigenvalue weighted by molar-refractivity contribution is 5.91. The molecule has 1 heterocycles. The van der Waals surface area contributed by atoms with Crippen LogP contribution in [-0.4, -0.2) is 60.6 Å². The summed E-state index contributed by atoms with van der Waals surface area (Å²) in [5.41, 5.74) is 5.02. The molecule has 210 valence electrons. The van der Waals surface area contributed by atoms with E-state index in [9.17, 15) is 9.59 Å². The smallest absolute Gasteiger partial charge is 0.411 e. The van der Waals surface area contributed by atoms with Crippen LogP contribution in [0.25, 0.3) is 11.1 Å². The SMILES string of the molecule is CN(Cc1cccc(NC2CCC2)c1)C(=O)CCN1CCC(OC(=O)Nc2ccccc2-c2ccccc2)CC1. The first kappa shape index (κ1) is 27.7. The van der Waals surface area contributed by atoms with Crippen LogP contribution in [0.4, 0.5) is 16.2 Å². The highest BCUT2D eigenvalue weighted by Gasteiger charge is 2.24. The molecule has 2 aliphatic rings. The number of likely N-dealkylation sites (tertiary alicyclic amines) is 1. The van der Waals surface area contributed by atoms with Crippen molar-refractivity contribution in [1.29, 1.82) is 0 Å². The lowest BCUT2D eigenvalue weighted by Crippen LogP contribution is -2.40. The number of carbonyl (C=O) groups is 2. The molecule has 0 bridgehead atoms. The van der Waals surface area contributed by atoms with E-state index in [-0.39, 0.29) is 12.0 Å². The van der Waals surface area contributed by atoms with Crippen molar-refractivity contribution in [2.45, 2.75) is 57.2 Å². The van der Waals surface area contributed by atoms with E-state index in [1.807, 2.05) is 66.5 Å². The van der Waals surface area contributed by atoms with Crippen LogP contribution in [0.3, 0.4) is 0 Å². The average molecular weight is 541 g/mol. The number of rotatable bonds is 10. The highest BCUT2D eigenvalue weighted by Crippen LogP contribution is 2.28. The number of carbonyl (C=O) groups excluding carboxylic acids is 2. The molecule has 7 heteroatoms. The fourth-order valence-corrected chi connectivity index (χ4v) is 5.36. The van der Waals surface area contributed by atoms with E-state index >= 15 is 0 Å². The van der Waals surface area contributed by atoms with Gasteiger partial charge >= 0.3 is 6.09 Å². The number of anilines is 2. The van der Waals surface area contributed by atoms with Crippen LogP contribution in [0.15, 0.2) is 78.9 Å². The van der Waals surface area contributed by atoms with Gasteiger partial charge in [0.2, 0.25) is 5.91 Å². The molecule has 0 spiro atoms. The minimum Gasteiger partial charge on any atom is -0.446 e. The van der Waals surface area contributed by atoms with Crippen LogP contribution in [0, 0.1) is 0 Å². The van der Waals surface area contributed by atoms with Crippen molar-refractivity contribution in [2.75, 3.05) is 37.3 Å². The summed E-state index contributed by atoms with van der Waals surface area (Å²) in [6, 6.07) is 26.7. The van der Waals surface area contributed by atoms with Gasteiger partial charge in [-0.2, -0.15) is 0 Å². The van der Waals surface area contributed by atoms with Crippen molar-refractivity contribution < 1.29 is 14.3 Å². The molecule has 0 aromatic heterocycles. The minimum absolute atomic E-state index is 0.126. The first-order valence-corrected chi connectivity index (χ1v) is 14.5. The quantitative estimate of drug-likeness (QED) is 0.312. The summed E-state index contributed by atoms with van der Waals surface area (Å²) in [6.07, 6.45) is 5.24. The highest BCUT2D eigenvalue weighted by atomic mass is 16.6. The van der Waals surface area contributed by atoms with E-state index in [4.69, 9.17) is 4.74 Å². The second-order valence-electron chi connectivity index (χ2n) is 11.0. The molecule has 40 heavy (non-hydrogen) atoms. The number of benzene rings is 3. The van der Waals surface area contributed by atoms with Gasteiger partial charge in [-0.15, -0.1) is 0 Å². The molecule has 3 aromatic rings. The summed E-state index contributed by atoms with van der Waals surface area (Å²) in [7, 11) is 1.88. The van der Waals surface area contributed by atoms with Gasteiger partial charge < -0.3 is 19.9 Å². The topological polar surface area (TPSA) is 73.9 Å². The lowest BCUT2D eigenvalue weighted by molar-refractivity contribution is -0.130. The Bertz CT molecular complexity index is 1270. The third kappa shape index (κ3) is 7.63. The molecule has 7 nitrogen and oxygen atoms in total. The Labute approximate surface area is 237 Å². The number of piperidine rings is 1. The largest absolute Gasteiger partial charge is 0.446 e. The van der Waals surface area contributed by atoms with E-state index in [0.29, 0.717) is 19.0 Å². The van der Waals surface area contributed by atoms with Crippen LogP contribution >= 0.6 is 0 Å². The van der Waals surface area contributed by atoms with E-state index in [0.717, 1.165) is 60.5 Å². The second-order valence-corrected chi connectivity index (χ2v) is 11.0. The molecule has 2 fully saturated rings. The summed E-state index contributed by atoms with van der Waals surface area (Å²) in [5, 5.41) is 6.51. The molecular formula is C33H40N4O3. The molecule has 3 aromatic carbocycles. The summed E-state index contributed by atoms with van der Waals surface area (Å²) in [6.45, 7) is 2.95. The fraction of sp³-hybridized carbons (Fsp3) is 0.394. The van der Waals surface area contributed by atoms with Gasteiger partial charge in [0.25, 0.3) is 0 Å². The van der Waals surface area contributed by atoms with Crippen LogP contribution < -0.4 is 10.6 Å². The van der Waals surface area contributed by atoms with Crippen LogP contribution in [0.1, 0.15) is 44.1 Å². The standard InChI is InChI=1S/C33H40N4O3/c1-36(24-25-9-7-14-28(23-25)34-27-12-8-13-27)32(38)19-22-37-20-17-29(18-21-37)40-33(39)35-31-16-6-5-15-30(31)26-10-3-2-4-11-26/h2-7,9-11,14-16,23,27,29,34H,8,12-13,17-22,24H2,1H3,(H,35,39). The lowest BCUT2D eigenvalue weighted by Gasteiger charge is -2.31. The first-order valence-electron chi connectivity index (χ1n) is 14.5. The zero-order chi connectivity index (χ0) is 27.7. The Morgan fingerprint density at radius 1 is 0.925 bits per heavy atom. The zero-order valence-corrected chi connectivity index (χ0v) is 23.4. The molecule has 2 amide bonds. The van der Waals surface area contributed by atoms with E-state index in [2.05, 4.69) is 39.8 Å². The molecule has 5 rings (SSSR count). The summed E-state index contributed by atoms with van der Waals surface area (Å²) in [4.78, 5) is 29.6. The summed E-state index contributed by atoms with van der Waals surface area (Å²) >= 11 is 0. The maximum atomic E-state index is 12.8. The normalized spacial score (nSPS) is 16.1. The maximum Gasteiger partial charge on any atom is 0.411 e. The van der Waals surface area contributed by atoms with Crippen molar-refractivity contribution >= 4 is 23.4 Å². The van der Waals surface area contributed by atoms with Gasteiger partial charge in [0.05, 0.1) is 5.69 Å². The van der Waals surface area contributed by atoms with Gasteiger partial charge in [-0.25, -0.2) is 4.79 Å². The number of hydrogen-bond donors (Lipinski definition) is 2. The number of nitrogens with zero attached hydrogens (tertiary/aromatic N) is 2. The van der Waals surface area contributed by atoms with E-state index < -0.39 is 6.09 Å². The molecule has 2 N–H and O–H groups in total. The molecule has 0 atom stereocenters. The number of para-hydroxylation sites is 1. The van der Waals surface area contributed by atoms with Crippen LogP contribution in [-0.2, 0) is 16.1 Å². The number of hydrogen-bond acceptors (Lipinski definition) is 5. The van der Waals surface area contributed by atoms with Gasteiger partial charge in [-0.1, -0.05) is 60.7 Å². The predicted molar refractivity (Wildman–Crippen MR) is 160 cm³/mol. The monoisotopic (exact) mass is 540 g/mol. The third-order valence-electron chi connectivity index (χ3n) is 7.95. The first-order chi connectivity index (χ1) is 19.5. The summed E-state index contributed by atoms with van der Waals surface area (Å²) in [5.74, 6) is 0.146. The molecule has 1 aliphatic carbocycles. The third-order valence-corrected chi connectivity index (χ3v) is 7.95. The molecule has 0 radical (unpaired) electrons. The van der Waals surface area contributed by atoms with Gasteiger partial charge in [-0.3, -0.25) is 10.1 Å². The Morgan fingerprint density at radius 2 is 1.68 bits per heavy atom. The van der Waals surface area contributed by atoms with Crippen molar-refractivity contribution in [2.24, 2.45) is 0 Å². The number of amides is 2. The molecule has 1 saturated carbocycles. The lowest BCUT2D eigenvalue weighted by atomic mass is 9.93. The average Bonchev–Trinajstić information content (AvgIpc) is 2.95. The fourth-order valence-electron chi connectivity index (χ4n) is 5.36. The Hall–Kier alpha value is -3.84. The number of nitrogens with one attached hydrogen (secondary N) is 2. The van der Waals surface area contributed by atoms with Crippen LogP contribution in [0.5, 0.6) is 0 Å². The summed E-state index contributed by atoms with van der Waals surface area (Å²) < 4.78 is 5.75. The van der Waals surface area contributed by atoms with E-state index in [1.165, 1.54) is 19.3 Å². The van der Waals surface area contributed by atoms with Crippen molar-refractivity contribution in [3.8, 4) is 11.1 Å². The van der Waals surface area contributed by atoms with Gasteiger partial charge in [-0.05, 0) is 61.4 Å². The zero-order valence-electron chi connectivity index (χ0n) is 23.4. The van der Waals surface area contributed by atoms with Crippen LogP contribution in [0.2, 0.25) is 0 Å². The Morgan fingerprint density at radius 3 is 2.42 bits per heavy atom. The van der Waals surface area contributed by atoms with Gasteiger partial charge in [0.15, 0.2) is 0 Å². The molecule has 1 aliphatic heterocycles. The molecular weight excluding hydrogens is 500 g/mol. The van der Waals surface area contributed by atoms with Crippen molar-refractivity contribution in [1.82, 2.24) is 9.80 Å². The van der Waals surface area contributed by atoms with Gasteiger partial charge in [0, 0.05) is 56.9 Å². The Balaban J connectivity index is 1.02.